The first-order chi connectivity index (χ1) is 9.11. The quantitative estimate of drug-likeness (QED) is 0.780. The van der Waals surface area contributed by atoms with E-state index < -0.39 is 0 Å². The Morgan fingerprint density at radius 1 is 1.42 bits per heavy atom. The Hall–Kier alpha value is -0.600. The van der Waals surface area contributed by atoms with Crippen LogP contribution in [-0.2, 0) is 6.42 Å². The van der Waals surface area contributed by atoms with Crippen LogP contribution in [0.1, 0.15) is 38.7 Å². The summed E-state index contributed by atoms with van der Waals surface area (Å²) in [6, 6.07) is 5.17. The van der Waals surface area contributed by atoms with Gasteiger partial charge in [-0.2, -0.15) is 0 Å². The number of rotatable bonds is 7. The fourth-order valence-electron chi connectivity index (χ4n) is 2.65. The summed E-state index contributed by atoms with van der Waals surface area (Å²) >= 11 is 6.14. The molecule has 1 fully saturated rings. The van der Waals surface area contributed by atoms with Crippen LogP contribution < -0.4 is 5.32 Å². The fraction of sp³-hybridized carbons (Fsp3) is 0.625. The highest BCUT2D eigenvalue weighted by Crippen LogP contribution is 2.39. The lowest BCUT2D eigenvalue weighted by atomic mass is 9.91. The summed E-state index contributed by atoms with van der Waals surface area (Å²) in [5.41, 5.74) is 1.05. The van der Waals surface area contributed by atoms with Crippen molar-refractivity contribution in [2.75, 3.05) is 6.54 Å². The van der Waals surface area contributed by atoms with E-state index >= 15 is 0 Å². The number of halogens is 2. The molecule has 2 rings (SSSR count). The molecule has 2 unspecified atom stereocenters. The Bertz CT molecular complexity index is 417. The van der Waals surface area contributed by atoms with E-state index in [2.05, 4.69) is 19.2 Å². The predicted octanol–water partition coefficient (Wildman–Crippen LogP) is 4.44. The standard InChI is InChI=1S/C16H23ClFN/c1-3-8-19-16(11(2)12-4-5-12)9-13-6-7-14(18)10-15(13)17/h6-7,10-12,16,19H,3-5,8-9H2,1-2H3. The minimum atomic E-state index is -0.262. The molecule has 0 radical (unpaired) electrons. The number of hydrogen-bond donors (Lipinski definition) is 1. The van der Waals surface area contributed by atoms with Gasteiger partial charge in [-0.3, -0.25) is 0 Å². The molecule has 1 N–H and O–H groups in total. The molecule has 19 heavy (non-hydrogen) atoms. The summed E-state index contributed by atoms with van der Waals surface area (Å²) < 4.78 is 13.1. The van der Waals surface area contributed by atoms with E-state index in [-0.39, 0.29) is 5.82 Å². The molecule has 1 aliphatic rings. The molecule has 0 bridgehead atoms. The third-order valence-electron chi connectivity index (χ3n) is 4.11. The Balaban J connectivity index is 2.05. The molecule has 1 aromatic rings. The lowest BCUT2D eigenvalue weighted by Gasteiger charge is -2.26. The van der Waals surface area contributed by atoms with E-state index in [4.69, 9.17) is 11.6 Å². The molecule has 0 amide bonds. The molecular weight excluding hydrogens is 261 g/mol. The molecule has 1 aliphatic carbocycles. The minimum absolute atomic E-state index is 0.262. The van der Waals surface area contributed by atoms with E-state index in [1.54, 1.807) is 0 Å². The summed E-state index contributed by atoms with van der Waals surface area (Å²) in [6.45, 7) is 5.53. The summed E-state index contributed by atoms with van der Waals surface area (Å²) in [4.78, 5) is 0. The second-order valence-electron chi connectivity index (χ2n) is 5.70. The van der Waals surface area contributed by atoms with Crippen LogP contribution in [0.4, 0.5) is 4.39 Å². The van der Waals surface area contributed by atoms with Crippen molar-refractivity contribution in [1.82, 2.24) is 5.32 Å². The second-order valence-corrected chi connectivity index (χ2v) is 6.10. The van der Waals surface area contributed by atoms with Crippen molar-refractivity contribution in [1.29, 1.82) is 0 Å². The van der Waals surface area contributed by atoms with Gasteiger partial charge in [0.1, 0.15) is 5.82 Å². The van der Waals surface area contributed by atoms with Gasteiger partial charge in [-0.1, -0.05) is 31.5 Å². The zero-order valence-electron chi connectivity index (χ0n) is 11.8. The fourth-order valence-corrected chi connectivity index (χ4v) is 2.89. The third kappa shape index (κ3) is 4.19. The first-order valence-electron chi connectivity index (χ1n) is 7.29. The van der Waals surface area contributed by atoms with Gasteiger partial charge in [0, 0.05) is 11.1 Å². The molecule has 0 saturated heterocycles. The van der Waals surface area contributed by atoms with Crippen molar-refractivity contribution in [3.05, 3.63) is 34.6 Å². The van der Waals surface area contributed by atoms with Crippen molar-refractivity contribution in [2.45, 2.75) is 45.6 Å². The first kappa shape index (κ1) is 14.8. The van der Waals surface area contributed by atoms with Crippen LogP contribution in [0.5, 0.6) is 0 Å². The van der Waals surface area contributed by atoms with Gasteiger partial charge in [-0.25, -0.2) is 4.39 Å². The zero-order valence-corrected chi connectivity index (χ0v) is 12.5. The van der Waals surface area contributed by atoms with Gasteiger partial charge in [-0.15, -0.1) is 0 Å². The van der Waals surface area contributed by atoms with Gasteiger partial charge in [0.05, 0.1) is 0 Å². The Labute approximate surface area is 120 Å². The topological polar surface area (TPSA) is 12.0 Å². The molecule has 106 valence electrons. The average molecular weight is 284 g/mol. The lowest BCUT2D eigenvalue weighted by molar-refractivity contribution is 0.339. The van der Waals surface area contributed by atoms with Crippen LogP contribution in [0.15, 0.2) is 18.2 Å². The van der Waals surface area contributed by atoms with Crippen LogP contribution in [0, 0.1) is 17.7 Å². The van der Waals surface area contributed by atoms with Crippen LogP contribution in [0.3, 0.4) is 0 Å². The monoisotopic (exact) mass is 283 g/mol. The predicted molar refractivity (Wildman–Crippen MR) is 79.1 cm³/mol. The van der Waals surface area contributed by atoms with E-state index in [9.17, 15) is 4.39 Å². The molecule has 0 aliphatic heterocycles. The molecule has 2 atom stereocenters. The average Bonchev–Trinajstić information content (AvgIpc) is 3.20. The first-order valence-corrected chi connectivity index (χ1v) is 7.67. The highest BCUT2D eigenvalue weighted by atomic mass is 35.5. The molecular formula is C16H23ClFN. The van der Waals surface area contributed by atoms with Crippen molar-refractivity contribution in [3.8, 4) is 0 Å². The highest BCUT2D eigenvalue weighted by molar-refractivity contribution is 6.31. The maximum Gasteiger partial charge on any atom is 0.124 e. The maximum atomic E-state index is 13.1. The summed E-state index contributed by atoms with van der Waals surface area (Å²) in [5, 5.41) is 4.18. The van der Waals surface area contributed by atoms with Crippen LogP contribution in [0.25, 0.3) is 0 Å². The van der Waals surface area contributed by atoms with Gasteiger partial charge in [-0.05, 0) is 61.8 Å². The second kappa shape index (κ2) is 6.71. The zero-order chi connectivity index (χ0) is 13.8. The van der Waals surface area contributed by atoms with Gasteiger partial charge in [0.2, 0.25) is 0 Å². The molecule has 0 spiro atoms. The summed E-state index contributed by atoms with van der Waals surface area (Å²) in [7, 11) is 0. The Morgan fingerprint density at radius 3 is 2.74 bits per heavy atom. The Kier molecular flexibility index (Phi) is 5.23. The van der Waals surface area contributed by atoms with E-state index in [1.807, 2.05) is 6.07 Å². The maximum absolute atomic E-state index is 13.1. The SMILES string of the molecule is CCCNC(Cc1ccc(F)cc1Cl)C(C)C1CC1. The van der Waals surface area contributed by atoms with Crippen LogP contribution >= 0.6 is 11.6 Å². The van der Waals surface area contributed by atoms with Gasteiger partial charge >= 0.3 is 0 Å². The lowest BCUT2D eigenvalue weighted by Crippen LogP contribution is -2.38. The normalized spacial score (nSPS) is 18.3. The molecule has 3 heteroatoms. The molecule has 0 aromatic heterocycles. The third-order valence-corrected chi connectivity index (χ3v) is 4.46. The van der Waals surface area contributed by atoms with Crippen LogP contribution in [-0.4, -0.2) is 12.6 Å². The number of hydrogen-bond acceptors (Lipinski definition) is 1. The van der Waals surface area contributed by atoms with Gasteiger partial charge < -0.3 is 5.32 Å². The number of benzene rings is 1. The Morgan fingerprint density at radius 2 is 2.16 bits per heavy atom. The largest absolute Gasteiger partial charge is 0.313 e. The van der Waals surface area contributed by atoms with Crippen molar-refractivity contribution < 1.29 is 4.39 Å². The smallest absolute Gasteiger partial charge is 0.124 e. The molecule has 1 nitrogen and oxygen atoms in total. The minimum Gasteiger partial charge on any atom is -0.313 e. The summed E-state index contributed by atoms with van der Waals surface area (Å²) in [5.74, 6) is 1.25. The van der Waals surface area contributed by atoms with E-state index in [0.29, 0.717) is 17.0 Å². The van der Waals surface area contributed by atoms with Crippen molar-refractivity contribution >= 4 is 11.6 Å². The number of nitrogens with one attached hydrogen (secondary N) is 1. The van der Waals surface area contributed by atoms with Crippen molar-refractivity contribution in [3.63, 3.8) is 0 Å². The molecule has 0 heterocycles. The molecule has 1 saturated carbocycles. The van der Waals surface area contributed by atoms with Crippen molar-refractivity contribution in [2.24, 2.45) is 11.8 Å². The van der Waals surface area contributed by atoms with Crippen LogP contribution in [0.2, 0.25) is 5.02 Å². The van der Waals surface area contributed by atoms with Gasteiger partial charge in [0.25, 0.3) is 0 Å². The highest BCUT2D eigenvalue weighted by Gasteiger charge is 2.33. The van der Waals surface area contributed by atoms with E-state index in [0.717, 1.165) is 30.9 Å². The molecule has 1 aromatic carbocycles. The van der Waals surface area contributed by atoms with E-state index in [1.165, 1.54) is 25.0 Å². The van der Waals surface area contributed by atoms with Gasteiger partial charge in [0.15, 0.2) is 0 Å². The summed E-state index contributed by atoms with van der Waals surface area (Å²) in [6.07, 6.45) is 4.72.